The van der Waals surface area contributed by atoms with Crippen LogP contribution in [0.4, 0.5) is 0 Å². The zero-order valence-electron chi connectivity index (χ0n) is 59.6. The maximum atomic E-state index is 12.9. The largest absolute Gasteiger partial charge is 0.472 e. The van der Waals surface area contributed by atoms with Gasteiger partial charge >= 0.3 is 19.8 Å². The van der Waals surface area contributed by atoms with E-state index >= 15 is 0 Å². The van der Waals surface area contributed by atoms with E-state index in [-0.39, 0.29) is 32.0 Å². The Morgan fingerprint density at radius 1 is 0.356 bits per heavy atom. The van der Waals surface area contributed by atoms with Crippen molar-refractivity contribution in [2.45, 2.75) is 354 Å². The molecule has 0 aromatic carbocycles. The fraction of sp³-hybridized carbons (Fsp3) is 0.775. The first-order valence-electron chi connectivity index (χ1n) is 38.0. The number of phosphoric acid groups is 1. The molecule has 0 aliphatic heterocycles. The fourth-order valence-corrected chi connectivity index (χ4v) is 11.6. The molecule has 0 rings (SSSR count). The maximum Gasteiger partial charge on any atom is 0.472 e. The van der Waals surface area contributed by atoms with Crippen LogP contribution in [0.5, 0.6) is 0 Å². The Kier molecular flexibility index (Phi) is 67.9. The Bertz CT molecular complexity index is 1840. The summed E-state index contributed by atoms with van der Waals surface area (Å²) in [6.07, 6.45) is 98.2. The Morgan fingerprint density at radius 3 is 0.944 bits per heavy atom. The number of carbonyl (C=O) groups excluding carboxylic acids is 2. The summed E-state index contributed by atoms with van der Waals surface area (Å²) in [5.41, 5.74) is 0. The van der Waals surface area contributed by atoms with Crippen molar-refractivity contribution in [2.75, 3.05) is 47.5 Å². The molecule has 0 spiro atoms. The number of carbonyl (C=O) groups is 2. The molecule has 2 atom stereocenters. The molecular weight excluding hydrogens is 1130 g/mol. The molecule has 0 aliphatic carbocycles. The predicted octanol–water partition coefficient (Wildman–Crippen LogP) is 25.1. The average Bonchev–Trinajstić information content (AvgIpc) is 3.58. The average molecular weight is 1280 g/mol. The van der Waals surface area contributed by atoms with Crippen LogP contribution < -0.4 is 0 Å². The van der Waals surface area contributed by atoms with Gasteiger partial charge in [0.15, 0.2) is 6.10 Å². The third kappa shape index (κ3) is 74.0. The molecule has 1 N–H and O–H groups in total. The van der Waals surface area contributed by atoms with E-state index in [2.05, 4.69) is 111 Å². The van der Waals surface area contributed by atoms with Gasteiger partial charge in [-0.25, -0.2) is 4.57 Å². The number of rotatable bonds is 70. The smallest absolute Gasteiger partial charge is 0.462 e. The molecule has 0 heterocycles. The molecule has 9 nitrogen and oxygen atoms in total. The van der Waals surface area contributed by atoms with E-state index in [1.54, 1.807) is 0 Å². The van der Waals surface area contributed by atoms with Gasteiger partial charge in [0.1, 0.15) is 19.8 Å². The monoisotopic (exact) mass is 1280 g/mol. The van der Waals surface area contributed by atoms with E-state index in [4.69, 9.17) is 18.5 Å². The highest BCUT2D eigenvalue weighted by Crippen LogP contribution is 2.43. The standard InChI is InChI=1S/C80H144NO8P/c1-6-8-10-12-14-16-18-20-22-24-26-28-30-32-34-35-36-37-38-39-40-41-42-43-44-45-47-49-51-53-55-57-59-61-63-65-67-69-71-73-80(83)89-78(77-88-90(84,85)87-75-74-81(3,4)5)76-86-79(82)72-70-68-66-64-62-60-58-56-54-52-50-48-46-33-31-29-27-25-23-21-19-17-15-13-11-9-7-2/h8,10,14,16,19-22,25-28,31-34,78H,6-7,9,11-13,15,17-18,23-24,29-30,35-77H2,1-5H3/p+1/b10-8-,16-14-,21-19-,22-20-,27-25-,28-26-,33-31-,34-32-. The van der Waals surface area contributed by atoms with Crippen molar-refractivity contribution in [3.05, 3.63) is 97.2 Å². The summed E-state index contributed by atoms with van der Waals surface area (Å²) in [4.78, 5) is 35.9. The van der Waals surface area contributed by atoms with Crippen LogP contribution in [0.3, 0.4) is 0 Å². The predicted molar refractivity (Wildman–Crippen MR) is 390 cm³/mol. The number of unbranched alkanes of at least 4 members (excludes halogenated alkanes) is 40. The van der Waals surface area contributed by atoms with Gasteiger partial charge in [-0.05, 0) is 96.3 Å². The molecule has 10 heteroatoms. The Morgan fingerprint density at radius 2 is 0.633 bits per heavy atom. The van der Waals surface area contributed by atoms with Gasteiger partial charge in [-0.15, -0.1) is 0 Å². The van der Waals surface area contributed by atoms with Crippen molar-refractivity contribution in [1.29, 1.82) is 0 Å². The first kappa shape index (κ1) is 86.9. The van der Waals surface area contributed by atoms with Gasteiger partial charge in [-0.2, -0.15) is 0 Å². The molecule has 0 aromatic rings. The van der Waals surface area contributed by atoms with Crippen molar-refractivity contribution in [3.8, 4) is 0 Å². The number of hydrogen-bond acceptors (Lipinski definition) is 7. The van der Waals surface area contributed by atoms with Gasteiger partial charge in [0.2, 0.25) is 0 Å². The Labute approximate surface area is 557 Å². The lowest BCUT2D eigenvalue weighted by Crippen LogP contribution is -2.37. The van der Waals surface area contributed by atoms with E-state index < -0.39 is 26.5 Å². The van der Waals surface area contributed by atoms with Crippen LogP contribution in [0.25, 0.3) is 0 Å². The van der Waals surface area contributed by atoms with E-state index in [1.807, 2.05) is 21.1 Å². The first-order chi connectivity index (χ1) is 44.0. The number of likely N-dealkylation sites (N-methyl/N-ethyl adjacent to an activating group) is 1. The Hall–Kier alpha value is -3.07. The summed E-state index contributed by atoms with van der Waals surface area (Å²) in [5, 5.41) is 0. The molecule has 522 valence electrons. The van der Waals surface area contributed by atoms with Crippen LogP contribution in [-0.2, 0) is 32.7 Å². The van der Waals surface area contributed by atoms with Crippen LogP contribution in [0, 0.1) is 0 Å². The molecule has 0 radical (unpaired) electrons. The van der Waals surface area contributed by atoms with Gasteiger partial charge in [0, 0.05) is 12.8 Å². The molecule has 0 bridgehead atoms. The van der Waals surface area contributed by atoms with E-state index in [9.17, 15) is 19.0 Å². The molecule has 0 fully saturated rings. The van der Waals surface area contributed by atoms with Gasteiger partial charge in [-0.1, -0.05) is 336 Å². The van der Waals surface area contributed by atoms with Crippen molar-refractivity contribution in [2.24, 2.45) is 0 Å². The number of allylic oxidation sites excluding steroid dienone is 16. The number of ether oxygens (including phenoxy) is 2. The van der Waals surface area contributed by atoms with E-state index in [0.717, 1.165) is 77.0 Å². The van der Waals surface area contributed by atoms with E-state index in [1.165, 1.54) is 238 Å². The summed E-state index contributed by atoms with van der Waals surface area (Å²) in [5.74, 6) is -0.786. The molecule has 0 saturated heterocycles. The summed E-state index contributed by atoms with van der Waals surface area (Å²) >= 11 is 0. The fourth-order valence-electron chi connectivity index (χ4n) is 10.8. The third-order valence-corrected chi connectivity index (χ3v) is 17.6. The highest BCUT2D eigenvalue weighted by atomic mass is 31.2. The molecule has 0 amide bonds. The van der Waals surface area contributed by atoms with Crippen molar-refractivity contribution in [1.82, 2.24) is 0 Å². The van der Waals surface area contributed by atoms with Gasteiger partial charge in [0.25, 0.3) is 0 Å². The summed E-state index contributed by atoms with van der Waals surface area (Å²) in [6, 6.07) is 0. The number of phosphoric ester groups is 1. The molecule has 90 heavy (non-hydrogen) atoms. The second-order valence-corrected chi connectivity index (χ2v) is 28.1. The van der Waals surface area contributed by atoms with Crippen LogP contribution in [-0.4, -0.2) is 74.9 Å². The molecule has 0 saturated carbocycles. The van der Waals surface area contributed by atoms with Crippen LogP contribution in [0.2, 0.25) is 0 Å². The minimum atomic E-state index is -4.40. The second-order valence-electron chi connectivity index (χ2n) is 26.7. The minimum absolute atomic E-state index is 0.0306. The van der Waals surface area contributed by atoms with Gasteiger partial charge < -0.3 is 18.9 Å². The molecule has 2 unspecified atom stereocenters. The van der Waals surface area contributed by atoms with Gasteiger partial charge in [0.05, 0.1) is 27.7 Å². The van der Waals surface area contributed by atoms with Crippen LogP contribution in [0.15, 0.2) is 97.2 Å². The maximum absolute atomic E-state index is 12.9. The van der Waals surface area contributed by atoms with Crippen LogP contribution in [0.1, 0.15) is 348 Å². The summed E-state index contributed by atoms with van der Waals surface area (Å²) in [7, 11) is 1.49. The normalized spacial score (nSPS) is 13.6. The summed E-state index contributed by atoms with van der Waals surface area (Å²) < 4.78 is 34.8. The number of esters is 2. The zero-order chi connectivity index (χ0) is 65.5. The van der Waals surface area contributed by atoms with Crippen molar-refractivity contribution >= 4 is 19.8 Å². The molecule has 0 aliphatic rings. The number of quaternary nitrogens is 1. The second kappa shape index (κ2) is 70.3. The minimum Gasteiger partial charge on any atom is -0.462 e. The quantitative estimate of drug-likeness (QED) is 0.0211. The topological polar surface area (TPSA) is 108 Å². The van der Waals surface area contributed by atoms with Crippen LogP contribution >= 0.6 is 7.82 Å². The lowest BCUT2D eigenvalue weighted by atomic mass is 10.0. The SMILES string of the molecule is CC/C=C\C/C=C\C/C=C\C/C=C\C/C=C\CCCCCCCCCCCCCCCCCCCCCCCCCC(=O)OC(COC(=O)CCCCCCCCCCCCCC/C=C\C/C=C\C/C=C\CCCCCCC)COP(=O)(O)OCC[N+](C)(C)C. The highest BCUT2D eigenvalue weighted by molar-refractivity contribution is 7.47. The summed E-state index contributed by atoms with van der Waals surface area (Å²) in [6.45, 7) is 4.35. The number of nitrogens with zero attached hydrogens (tertiary/aromatic N) is 1. The van der Waals surface area contributed by atoms with E-state index in [0.29, 0.717) is 17.4 Å². The lowest BCUT2D eigenvalue weighted by Gasteiger charge is -2.24. The highest BCUT2D eigenvalue weighted by Gasteiger charge is 2.27. The third-order valence-electron chi connectivity index (χ3n) is 16.6. The van der Waals surface area contributed by atoms with Crippen molar-refractivity contribution in [3.63, 3.8) is 0 Å². The number of hydrogen-bond donors (Lipinski definition) is 1. The van der Waals surface area contributed by atoms with Gasteiger partial charge in [-0.3, -0.25) is 18.6 Å². The first-order valence-corrected chi connectivity index (χ1v) is 39.5. The lowest BCUT2D eigenvalue weighted by molar-refractivity contribution is -0.870. The molecule has 0 aromatic heterocycles. The zero-order valence-corrected chi connectivity index (χ0v) is 60.5. The van der Waals surface area contributed by atoms with Crippen molar-refractivity contribution < 1.29 is 42.1 Å². The molecular formula is C80H145NO8P+. The Balaban J connectivity index is 3.96.